The predicted octanol–water partition coefficient (Wildman–Crippen LogP) is 2.80. The highest BCUT2D eigenvalue weighted by Gasteiger charge is 2.22. The van der Waals surface area contributed by atoms with Gasteiger partial charge in [-0.25, -0.2) is 0 Å². The van der Waals surface area contributed by atoms with Crippen LogP contribution in [0.3, 0.4) is 0 Å². The third-order valence-corrected chi connectivity index (χ3v) is 5.91. The Bertz CT molecular complexity index is 630. The molecule has 1 atom stereocenters. The largest absolute Gasteiger partial charge is 0.371 e. The van der Waals surface area contributed by atoms with Gasteiger partial charge in [-0.3, -0.25) is 14.5 Å². The van der Waals surface area contributed by atoms with Crippen molar-refractivity contribution in [2.24, 2.45) is 0 Å². The fraction of sp³-hybridized carbons (Fsp3) is 0.652. The summed E-state index contributed by atoms with van der Waals surface area (Å²) in [7, 11) is 0. The Morgan fingerprint density at radius 2 is 1.76 bits per heavy atom. The Morgan fingerprint density at radius 3 is 2.52 bits per heavy atom. The van der Waals surface area contributed by atoms with E-state index in [0.29, 0.717) is 6.54 Å². The number of hydrogen-bond acceptors (Lipinski definition) is 4. The molecule has 3 rings (SSSR count). The van der Waals surface area contributed by atoms with Crippen LogP contribution in [0, 0.1) is 0 Å². The third-order valence-electron chi connectivity index (χ3n) is 5.91. The smallest absolute Gasteiger partial charge is 0.309 e. The van der Waals surface area contributed by atoms with Crippen LogP contribution in [0.2, 0.25) is 0 Å². The minimum atomic E-state index is -0.496. The van der Waals surface area contributed by atoms with Gasteiger partial charge in [-0.1, -0.05) is 56.0 Å². The Labute approximate surface area is 174 Å². The summed E-state index contributed by atoms with van der Waals surface area (Å²) in [6.07, 6.45) is 8.71. The molecule has 2 amide bonds. The highest BCUT2D eigenvalue weighted by Crippen LogP contribution is 2.22. The summed E-state index contributed by atoms with van der Waals surface area (Å²) < 4.78 is 5.91. The van der Waals surface area contributed by atoms with Crippen LogP contribution in [0.4, 0.5) is 0 Å². The predicted molar refractivity (Wildman–Crippen MR) is 113 cm³/mol. The first-order chi connectivity index (χ1) is 14.2. The fourth-order valence-electron chi connectivity index (χ4n) is 4.19. The zero-order valence-corrected chi connectivity index (χ0v) is 17.4. The number of carbonyl (C=O) groups excluding carboxylic acids is 2. The molecular weight excluding hydrogens is 366 g/mol. The van der Waals surface area contributed by atoms with Crippen molar-refractivity contribution in [3.8, 4) is 0 Å². The molecule has 6 nitrogen and oxygen atoms in total. The number of carbonyl (C=O) groups is 2. The molecule has 1 heterocycles. The highest BCUT2D eigenvalue weighted by atomic mass is 16.5. The number of hydrogen-bond donors (Lipinski definition) is 2. The van der Waals surface area contributed by atoms with E-state index < -0.39 is 11.8 Å². The van der Waals surface area contributed by atoms with Gasteiger partial charge >= 0.3 is 11.8 Å². The first-order valence-corrected chi connectivity index (χ1v) is 11.2. The number of rotatable bonds is 7. The topological polar surface area (TPSA) is 70.7 Å². The molecule has 1 aliphatic heterocycles. The second-order valence-electron chi connectivity index (χ2n) is 8.20. The van der Waals surface area contributed by atoms with E-state index in [0.717, 1.165) is 64.8 Å². The zero-order valence-electron chi connectivity index (χ0n) is 17.4. The van der Waals surface area contributed by atoms with Crippen LogP contribution in [0.1, 0.15) is 63.0 Å². The number of ether oxygens (including phenoxy) is 1. The molecular formula is C23H35N3O3. The Balaban J connectivity index is 1.28. The van der Waals surface area contributed by atoms with Gasteiger partial charge in [0.05, 0.1) is 12.7 Å². The van der Waals surface area contributed by atoms with E-state index >= 15 is 0 Å². The lowest BCUT2D eigenvalue weighted by atomic mass is 10.1. The third kappa shape index (κ3) is 7.44. The molecule has 0 spiro atoms. The second kappa shape index (κ2) is 11.9. The monoisotopic (exact) mass is 401 g/mol. The van der Waals surface area contributed by atoms with Crippen LogP contribution in [0.5, 0.6) is 0 Å². The van der Waals surface area contributed by atoms with Crippen molar-refractivity contribution in [3.05, 3.63) is 35.9 Å². The van der Waals surface area contributed by atoms with E-state index in [9.17, 15) is 9.59 Å². The van der Waals surface area contributed by atoms with Crippen LogP contribution in [-0.4, -0.2) is 55.5 Å². The summed E-state index contributed by atoms with van der Waals surface area (Å²) in [5.74, 6) is -0.972. The first-order valence-electron chi connectivity index (χ1n) is 11.2. The van der Waals surface area contributed by atoms with Gasteiger partial charge in [-0.2, -0.15) is 0 Å². The molecule has 1 aromatic carbocycles. The summed E-state index contributed by atoms with van der Waals surface area (Å²) in [4.78, 5) is 26.5. The minimum Gasteiger partial charge on any atom is -0.371 e. The molecule has 0 bridgehead atoms. The maximum Gasteiger partial charge on any atom is 0.309 e. The van der Waals surface area contributed by atoms with Gasteiger partial charge in [0.25, 0.3) is 0 Å². The number of nitrogens with one attached hydrogen (secondary N) is 2. The number of nitrogens with zero attached hydrogens (tertiary/aromatic N) is 1. The summed E-state index contributed by atoms with van der Waals surface area (Å²) in [6, 6.07) is 10.5. The van der Waals surface area contributed by atoms with E-state index in [1.165, 1.54) is 18.4 Å². The average molecular weight is 402 g/mol. The molecule has 0 radical (unpaired) electrons. The molecule has 2 N–H and O–H groups in total. The van der Waals surface area contributed by atoms with Gasteiger partial charge in [-0.05, 0) is 37.8 Å². The summed E-state index contributed by atoms with van der Waals surface area (Å²) in [5, 5.41) is 5.66. The maximum atomic E-state index is 12.1. The standard InChI is InChI=1S/C23H35N3O3/c27-22(23(28)25-20-12-6-1-2-7-13-20)24-14-8-9-15-26-16-17-29-21(18-26)19-10-4-3-5-11-19/h3-5,10-11,20-21H,1-2,6-9,12-18H2,(H,24,27)(H,25,28)/t21-/m0/s1. The lowest BCUT2D eigenvalue weighted by Gasteiger charge is -2.33. The average Bonchev–Trinajstić information content (AvgIpc) is 3.03. The summed E-state index contributed by atoms with van der Waals surface area (Å²) in [5.41, 5.74) is 1.23. The van der Waals surface area contributed by atoms with Crippen molar-refractivity contribution in [2.75, 3.05) is 32.8 Å². The van der Waals surface area contributed by atoms with Crippen LogP contribution < -0.4 is 10.6 Å². The van der Waals surface area contributed by atoms with Crippen LogP contribution >= 0.6 is 0 Å². The van der Waals surface area contributed by atoms with Gasteiger partial charge < -0.3 is 15.4 Å². The number of unbranched alkanes of at least 4 members (excludes halogenated alkanes) is 1. The van der Waals surface area contributed by atoms with E-state index in [4.69, 9.17) is 4.74 Å². The highest BCUT2D eigenvalue weighted by molar-refractivity contribution is 6.35. The van der Waals surface area contributed by atoms with Crippen molar-refractivity contribution in [2.45, 2.75) is 63.5 Å². The molecule has 29 heavy (non-hydrogen) atoms. The molecule has 2 fully saturated rings. The number of morpholine rings is 1. The van der Waals surface area contributed by atoms with Gasteiger partial charge in [-0.15, -0.1) is 0 Å². The van der Waals surface area contributed by atoms with E-state index in [1.807, 2.05) is 18.2 Å². The number of benzene rings is 1. The first kappa shape index (κ1) is 21.8. The number of amides is 2. The van der Waals surface area contributed by atoms with Crippen molar-refractivity contribution >= 4 is 11.8 Å². The molecule has 1 aromatic rings. The Morgan fingerprint density at radius 1 is 1.00 bits per heavy atom. The molecule has 1 saturated carbocycles. The van der Waals surface area contributed by atoms with Gasteiger partial charge in [0.15, 0.2) is 0 Å². The fourth-order valence-corrected chi connectivity index (χ4v) is 4.19. The van der Waals surface area contributed by atoms with Crippen LogP contribution in [-0.2, 0) is 14.3 Å². The van der Waals surface area contributed by atoms with E-state index in [1.54, 1.807) is 0 Å². The quantitative estimate of drug-likeness (QED) is 0.419. The minimum absolute atomic E-state index is 0.136. The zero-order chi connectivity index (χ0) is 20.3. The molecule has 0 aromatic heterocycles. The van der Waals surface area contributed by atoms with E-state index in [2.05, 4.69) is 27.7 Å². The molecule has 1 saturated heterocycles. The van der Waals surface area contributed by atoms with Gasteiger partial charge in [0.2, 0.25) is 0 Å². The lowest BCUT2D eigenvalue weighted by Crippen LogP contribution is -2.44. The van der Waals surface area contributed by atoms with Crippen molar-refractivity contribution < 1.29 is 14.3 Å². The van der Waals surface area contributed by atoms with Crippen LogP contribution in [0.25, 0.3) is 0 Å². The Hall–Kier alpha value is -1.92. The normalized spacial score (nSPS) is 21.3. The van der Waals surface area contributed by atoms with E-state index in [-0.39, 0.29) is 12.1 Å². The summed E-state index contributed by atoms with van der Waals surface area (Å²) in [6.45, 7) is 4.12. The molecule has 160 valence electrons. The molecule has 0 unspecified atom stereocenters. The van der Waals surface area contributed by atoms with Gasteiger partial charge in [0, 0.05) is 25.7 Å². The molecule has 2 aliphatic rings. The Kier molecular flexibility index (Phi) is 8.96. The van der Waals surface area contributed by atoms with Gasteiger partial charge in [0.1, 0.15) is 0 Å². The molecule has 6 heteroatoms. The van der Waals surface area contributed by atoms with Crippen molar-refractivity contribution in [1.29, 1.82) is 0 Å². The maximum absolute atomic E-state index is 12.1. The summed E-state index contributed by atoms with van der Waals surface area (Å²) >= 11 is 0. The lowest BCUT2D eigenvalue weighted by molar-refractivity contribution is -0.139. The SMILES string of the molecule is O=C(NCCCCN1CCO[C@H](c2ccccc2)C1)C(=O)NC1CCCCCC1. The van der Waals surface area contributed by atoms with Crippen molar-refractivity contribution in [1.82, 2.24) is 15.5 Å². The van der Waals surface area contributed by atoms with Crippen LogP contribution in [0.15, 0.2) is 30.3 Å². The molecule has 1 aliphatic carbocycles. The second-order valence-corrected chi connectivity index (χ2v) is 8.20. The van der Waals surface area contributed by atoms with Crippen molar-refractivity contribution in [3.63, 3.8) is 0 Å².